The highest BCUT2D eigenvalue weighted by Crippen LogP contribution is 2.57. The van der Waals surface area contributed by atoms with Crippen LogP contribution in [0.25, 0.3) is 0 Å². The smallest absolute Gasteiger partial charge is 0.340 e. The fourth-order valence-corrected chi connectivity index (χ4v) is 7.45. The molecule has 0 atom stereocenters. The fourth-order valence-electron chi connectivity index (χ4n) is 7.45. The van der Waals surface area contributed by atoms with E-state index in [-0.39, 0.29) is 67.9 Å². The first kappa shape index (κ1) is 45.8. The maximum absolute atomic E-state index is 14.9. The summed E-state index contributed by atoms with van der Waals surface area (Å²) in [6, 6.07) is 13.8. The van der Waals surface area contributed by atoms with E-state index in [1.807, 2.05) is 0 Å². The SMILES string of the molecule is O=C(O)CN(CC(=O)O)c1ccc(NC(=O)c2ccc3c(c2)C(=O)OC32c3cc(F)c(O)cc3Oc3cc(O)c(F)cc32)cc1OCCOc1cc([N+](=O)[O-])ccc1N(CC(=O)O)CC(=O)O. The Morgan fingerprint density at radius 1 is 0.672 bits per heavy atom. The van der Waals surface area contributed by atoms with Crippen molar-refractivity contribution in [3.05, 3.63) is 128 Å². The quantitative estimate of drug-likeness (QED) is 0.0275. The number of carbonyl (C=O) groups is 6. The van der Waals surface area contributed by atoms with E-state index >= 15 is 0 Å². The van der Waals surface area contributed by atoms with Gasteiger partial charge in [-0.25, -0.2) is 13.6 Å². The second kappa shape index (κ2) is 18.1. The molecule has 5 aromatic rings. The molecule has 2 heterocycles. The van der Waals surface area contributed by atoms with Gasteiger partial charge in [-0.1, -0.05) is 6.07 Å². The van der Waals surface area contributed by atoms with Crippen LogP contribution in [-0.4, -0.2) is 111 Å². The number of carboxylic acids is 4. The predicted octanol–water partition coefficient (Wildman–Crippen LogP) is 4.51. The van der Waals surface area contributed by atoms with Gasteiger partial charge in [0.15, 0.2) is 28.7 Å². The average molecular weight is 931 g/mol. The first-order chi connectivity index (χ1) is 31.7. The second-order valence-electron chi connectivity index (χ2n) is 14.6. The lowest BCUT2D eigenvalue weighted by atomic mass is 9.77. The van der Waals surface area contributed by atoms with Gasteiger partial charge in [0.05, 0.1) is 39.1 Å². The summed E-state index contributed by atoms with van der Waals surface area (Å²) in [6.45, 7) is -4.32. The molecule has 2 aliphatic heterocycles. The number of amides is 1. The lowest BCUT2D eigenvalue weighted by molar-refractivity contribution is -0.384. The molecule has 7 rings (SSSR count). The zero-order valence-corrected chi connectivity index (χ0v) is 33.9. The Morgan fingerprint density at radius 3 is 1.66 bits per heavy atom. The van der Waals surface area contributed by atoms with Gasteiger partial charge in [-0.3, -0.25) is 34.1 Å². The number of hydrogen-bond donors (Lipinski definition) is 7. The Morgan fingerprint density at radius 2 is 1.16 bits per heavy atom. The Labute approximate surface area is 373 Å². The molecule has 7 N–H and O–H groups in total. The second-order valence-corrected chi connectivity index (χ2v) is 14.6. The van der Waals surface area contributed by atoms with Crippen molar-refractivity contribution in [1.29, 1.82) is 0 Å². The van der Waals surface area contributed by atoms with Crippen molar-refractivity contribution in [3.8, 4) is 34.5 Å². The molecule has 0 bridgehead atoms. The van der Waals surface area contributed by atoms with E-state index in [1.54, 1.807) is 0 Å². The number of nitrogens with zero attached hydrogens (tertiary/aromatic N) is 3. The molecule has 1 amide bonds. The van der Waals surface area contributed by atoms with Gasteiger partial charge in [-0.15, -0.1) is 0 Å². The number of non-ortho nitro benzene ring substituents is 1. The van der Waals surface area contributed by atoms with Crippen molar-refractivity contribution in [2.75, 3.05) is 54.5 Å². The van der Waals surface area contributed by atoms with Gasteiger partial charge in [-0.2, -0.15) is 0 Å². The van der Waals surface area contributed by atoms with Gasteiger partial charge in [0.2, 0.25) is 0 Å². The van der Waals surface area contributed by atoms with E-state index < -0.39 is 114 Å². The highest BCUT2D eigenvalue weighted by Gasteiger charge is 2.54. The first-order valence-corrected chi connectivity index (χ1v) is 19.2. The molecule has 0 aromatic heterocycles. The molecular weight excluding hydrogens is 898 g/mol. The molecule has 5 aromatic carbocycles. The molecule has 0 fully saturated rings. The number of ether oxygens (including phenoxy) is 4. The summed E-state index contributed by atoms with van der Waals surface area (Å²) in [7, 11) is 0. The molecule has 2 aliphatic rings. The molecule has 346 valence electrons. The Balaban J connectivity index is 1.18. The number of aliphatic carboxylic acids is 4. The van der Waals surface area contributed by atoms with Crippen molar-refractivity contribution in [2.24, 2.45) is 0 Å². The van der Waals surface area contributed by atoms with E-state index in [2.05, 4.69) is 5.32 Å². The van der Waals surface area contributed by atoms with E-state index in [0.29, 0.717) is 0 Å². The molecule has 0 radical (unpaired) electrons. The number of nitro groups is 1. The number of carboxylic acid groups (broad SMARTS) is 4. The van der Waals surface area contributed by atoms with Crippen molar-refractivity contribution < 1.29 is 92.1 Å². The number of hydrogen-bond acceptors (Lipinski definition) is 16. The zero-order chi connectivity index (χ0) is 48.5. The molecule has 1 spiro atoms. The van der Waals surface area contributed by atoms with Crippen molar-refractivity contribution in [2.45, 2.75) is 5.60 Å². The maximum Gasteiger partial charge on any atom is 0.340 e. The Hall–Kier alpha value is -9.22. The summed E-state index contributed by atoms with van der Waals surface area (Å²) < 4.78 is 52.9. The number of phenols is 2. The van der Waals surface area contributed by atoms with Crippen LogP contribution in [0, 0.1) is 21.7 Å². The fraction of sp³-hybridized carbons (Fsp3) is 0.163. The highest BCUT2D eigenvalue weighted by molar-refractivity contribution is 6.07. The molecule has 22 nitrogen and oxygen atoms in total. The minimum atomic E-state index is -2.09. The molecule has 24 heteroatoms. The van der Waals surface area contributed by atoms with Gasteiger partial charge in [0.1, 0.15) is 62.4 Å². The van der Waals surface area contributed by atoms with Crippen LogP contribution >= 0.6 is 0 Å². The summed E-state index contributed by atoms with van der Waals surface area (Å²) in [5.74, 6) is -12.5. The van der Waals surface area contributed by atoms with Crippen LogP contribution in [0.5, 0.6) is 34.5 Å². The van der Waals surface area contributed by atoms with E-state index in [9.17, 15) is 78.3 Å². The van der Waals surface area contributed by atoms with Crippen LogP contribution in [0.1, 0.15) is 37.4 Å². The number of phenolic OH excluding ortho intramolecular Hbond substituents is 2. The largest absolute Gasteiger partial charge is 0.505 e. The van der Waals surface area contributed by atoms with Crippen molar-refractivity contribution >= 4 is 58.5 Å². The average Bonchev–Trinajstić information content (AvgIpc) is 3.54. The third kappa shape index (κ3) is 9.24. The summed E-state index contributed by atoms with van der Waals surface area (Å²) in [4.78, 5) is 86.6. The van der Waals surface area contributed by atoms with Crippen LogP contribution in [0.3, 0.4) is 0 Å². The third-order valence-electron chi connectivity index (χ3n) is 10.2. The summed E-state index contributed by atoms with van der Waals surface area (Å²) in [5.41, 5.74) is -3.59. The number of nitrogens with one attached hydrogen (secondary N) is 1. The number of rotatable bonds is 18. The predicted molar refractivity (Wildman–Crippen MR) is 221 cm³/mol. The zero-order valence-electron chi connectivity index (χ0n) is 33.9. The molecule has 67 heavy (non-hydrogen) atoms. The molecule has 0 saturated heterocycles. The van der Waals surface area contributed by atoms with Crippen LogP contribution in [-0.2, 0) is 29.5 Å². The standard InChI is InChI=1S/C43H32F2N4O18/c44-27-12-25-33(14-31(27)50)66-34-15-32(51)28(45)13-26(34)43(25)24-4-1-20(9-23(24)42(61)67-43)41(60)46-21-2-5-29(47(16-37(52)53)17-38(54)55)35(10-21)64-7-8-65-36-11-22(49(62)63)3-6-30(36)48(18-39(56)57)19-40(58)59/h1-6,9-15,50-51H,7-8,16-19H2,(H,46,60)(H,52,53)(H,54,55)(H,56,57)(H,58,59). The number of benzene rings is 5. The first-order valence-electron chi connectivity index (χ1n) is 19.2. The monoisotopic (exact) mass is 930 g/mol. The van der Waals surface area contributed by atoms with Crippen molar-refractivity contribution in [3.63, 3.8) is 0 Å². The van der Waals surface area contributed by atoms with Gasteiger partial charge in [0, 0.05) is 41.1 Å². The van der Waals surface area contributed by atoms with E-state index in [1.165, 1.54) is 30.3 Å². The number of esters is 1. The topological polar surface area (TPSA) is 322 Å². The van der Waals surface area contributed by atoms with E-state index in [4.69, 9.17) is 18.9 Å². The summed E-state index contributed by atoms with van der Waals surface area (Å²) in [6.07, 6.45) is 0. The molecule has 0 aliphatic carbocycles. The number of halogens is 2. The lowest BCUT2D eigenvalue weighted by Crippen LogP contribution is -2.35. The summed E-state index contributed by atoms with van der Waals surface area (Å²) in [5, 5.41) is 72.2. The van der Waals surface area contributed by atoms with Crippen LogP contribution in [0.2, 0.25) is 0 Å². The molecular formula is C43H32F2N4O18. The number of fused-ring (bicyclic) bond motifs is 6. The Kier molecular flexibility index (Phi) is 12.4. The maximum atomic E-state index is 14.9. The number of anilines is 3. The lowest BCUT2D eigenvalue weighted by Gasteiger charge is -2.36. The van der Waals surface area contributed by atoms with Crippen LogP contribution < -0.4 is 29.3 Å². The van der Waals surface area contributed by atoms with Gasteiger partial charge in [0.25, 0.3) is 11.6 Å². The van der Waals surface area contributed by atoms with Crippen molar-refractivity contribution in [1.82, 2.24) is 0 Å². The van der Waals surface area contributed by atoms with Gasteiger partial charge >= 0.3 is 29.8 Å². The third-order valence-corrected chi connectivity index (χ3v) is 10.2. The van der Waals surface area contributed by atoms with Gasteiger partial charge < -0.3 is 64.7 Å². The van der Waals surface area contributed by atoms with Crippen LogP contribution in [0.15, 0.2) is 78.9 Å². The molecule has 0 saturated carbocycles. The Bertz CT molecular complexity index is 2840. The minimum Gasteiger partial charge on any atom is -0.505 e. The number of nitro benzene ring substituents is 1. The molecule has 0 unspecified atom stereocenters. The number of aromatic hydroxyl groups is 2. The van der Waals surface area contributed by atoms with E-state index in [0.717, 1.165) is 58.3 Å². The highest BCUT2D eigenvalue weighted by atomic mass is 19.1. The normalized spacial score (nSPS) is 12.7. The summed E-state index contributed by atoms with van der Waals surface area (Å²) >= 11 is 0. The minimum absolute atomic E-state index is 0.00273. The van der Waals surface area contributed by atoms with Crippen LogP contribution in [0.4, 0.5) is 31.5 Å². The number of carbonyl (C=O) groups excluding carboxylic acids is 2. The van der Waals surface area contributed by atoms with Gasteiger partial charge in [-0.05, 0) is 42.5 Å².